The lowest BCUT2D eigenvalue weighted by molar-refractivity contribution is 0.0343. The van der Waals surface area contributed by atoms with Crippen molar-refractivity contribution >= 4 is 33.1 Å². The minimum absolute atomic E-state index is 0.00198. The molecule has 1 aliphatic heterocycles. The molecule has 1 amide bonds. The lowest BCUT2D eigenvalue weighted by Crippen LogP contribution is -2.36. The van der Waals surface area contributed by atoms with Crippen molar-refractivity contribution in [3.8, 4) is 0 Å². The van der Waals surface area contributed by atoms with Crippen molar-refractivity contribution in [1.29, 1.82) is 0 Å². The second-order valence-corrected chi connectivity index (χ2v) is 7.15. The highest BCUT2D eigenvalue weighted by Gasteiger charge is 2.24. The van der Waals surface area contributed by atoms with Gasteiger partial charge in [0.2, 0.25) is 0 Å². The third-order valence-corrected chi connectivity index (χ3v) is 5.62. The van der Waals surface area contributed by atoms with Gasteiger partial charge >= 0.3 is 0 Å². The number of anilines is 1. The first kappa shape index (κ1) is 16.3. The van der Waals surface area contributed by atoms with Crippen LogP contribution in [-0.4, -0.2) is 49.1 Å². The second kappa shape index (κ2) is 7.00. The zero-order chi connectivity index (χ0) is 17.2. The SMILES string of the molecule is CN(C(=O)c1[nH]c2ccsc2c1CN1CCOCC1)c1ccccc1. The number of benzene rings is 1. The Morgan fingerprint density at radius 3 is 2.76 bits per heavy atom. The highest BCUT2D eigenvalue weighted by Crippen LogP contribution is 2.30. The minimum Gasteiger partial charge on any atom is -0.379 e. The molecule has 3 aromatic rings. The number of fused-ring (bicyclic) bond motifs is 1. The summed E-state index contributed by atoms with van der Waals surface area (Å²) in [6.45, 7) is 4.09. The van der Waals surface area contributed by atoms with Crippen LogP contribution in [0.25, 0.3) is 10.2 Å². The topological polar surface area (TPSA) is 48.6 Å². The molecule has 1 aromatic carbocycles. The smallest absolute Gasteiger partial charge is 0.274 e. The summed E-state index contributed by atoms with van der Waals surface area (Å²) >= 11 is 1.69. The molecule has 0 radical (unpaired) electrons. The van der Waals surface area contributed by atoms with Crippen molar-refractivity contribution in [1.82, 2.24) is 9.88 Å². The van der Waals surface area contributed by atoms with Crippen LogP contribution in [0, 0.1) is 0 Å². The summed E-state index contributed by atoms with van der Waals surface area (Å²) in [7, 11) is 1.82. The molecule has 25 heavy (non-hydrogen) atoms. The van der Waals surface area contributed by atoms with Crippen molar-refractivity contribution in [2.24, 2.45) is 0 Å². The molecule has 5 nitrogen and oxygen atoms in total. The van der Waals surface area contributed by atoms with E-state index in [1.54, 1.807) is 16.2 Å². The molecular formula is C19H21N3O2S. The van der Waals surface area contributed by atoms with Crippen molar-refractivity contribution < 1.29 is 9.53 Å². The molecule has 6 heteroatoms. The van der Waals surface area contributed by atoms with Crippen molar-refractivity contribution in [2.45, 2.75) is 6.54 Å². The van der Waals surface area contributed by atoms with Gasteiger partial charge in [-0.2, -0.15) is 0 Å². The van der Waals surface area contributed by atoms with E-state index < -0.39 is 0 Å². The monoisotopic (exact) mass is 355 g/mol. The summed E-state index contributed by atoms with van der Waals surface area (Å²) in [5, 5.41) is 2.07. The summed E-state index contributed by atoms with van der Waals surface area (Å²) in [6, 6.07) is 11.8. The van der Waals surface area contributed by atoms with E-state index in [0.29, 0.717) is 5.69 Å². The molecule has 1 N–H and O–H groups in total. The van der Waals surface area contributed by atoms with Crippen LogP contribution in [0.3, 0.4) is 0 Å². The number of hydrogen-bond acceptors (Lipinski definition) is 4. The molecular weight excluding hydrogens is 334 g/mol. The van der Waals surface area contributed by atoms with E-state index in [9.17, 15) is 4.79 Å². The summed E-state index contributed by atoms with van der Waals surface area (Å²) in [6.07, 6.45) is 0. The largest absolute Gasteiger partial charge is 0.379 e. The van der Waals surface area contributed by atoms with Gasteiger partial charge in [-0.15, -0.1) is 11.3 Å². The molecule has 0 saturated carbocycles. The highest BCUT2D eigenvalue weighted by atomic mass is 32.1. The molecule has 3 heterocycles. The summed E-state index contributed by atoms with van der Waals surface area (Å²) in [5.74, 6) is -0.00198. The molecule has 1 aliphatic rings. The van der Waals surface area contributed by atoms with Crippen molar-refractivity contribution in [2.75, 3.05) is 38.3 Å². The lowest BCUT2D eigenvalue weighted by atomic mass is 10.2. The van der Waals surface area contributed by atoms with Gasteiger partial charge in [-0.25, -0.2) is 0 Å². The fourth-order valence-corrected chi connectivity index (χ4v) is 4.11. The molecule has 0 atom stereocenters. The van der Waals surface area contributed by atoms with E-state index in [0.717, 1.165) is 49.6 Å². The quantitative estimate of drug-likeness (QED) is 0.781. The molecule has 0 unspecified atom stereocenters. The Bertz CT molecular complexity index is 865. The number of carbonyl (C=O) groups is 1. The number of nitrogens with one attached hydrogen (secondary N) is 1. The number of morpholine rings is 1. The summed E-state index contributed by atoms with van der Waals surface area (Å²) in [5.41, 5.74) is 3.72. The van der Waals surface area contributed by atoms with Crippen LogP contribution in [0.2, 0.25) is 0 Å². The van der Waals surface area contributed by atoms with E-state index in [-0.39, 0.29) is 5.91 Å². The average molecular weight is 355 g/mol. The number of thiophene rings is 1. The standard InChI is InChI=1S/C19H21N3O2S/c1-21(14-5-3-2-4-6-14)19(23)17-15(13-22-8-10-24-11-9-22)18-16(20-17)7-12-25-18/h2-7,12,20H,8-11,13H2,1H3. The van der Waals surface area contributed by atoms with E-state index in [4.69, 9.17) is 4.74 Å². The Hall–Kier alpha value is -2.15. The number of para-hydroxylation sites is 1. The predicted octanol–water partition coefficient (Wildman–Crippen LogP) is 3.34. The first-order chi connectivity index (χ1) is 12.2. The minimum atomic E-state index is -0.00198. The van der Waals surface area contributed by atoms with Gasteiger partial charge in [-0.1, -0.05) is 18.2 Å². The fourth-order valence-electron chi connectivity index (χ4n) is 3.22. The molecule has 0 bridgehead atoms. The maximum atomic E-state index is 13.1. The Morgan fingerprint density at radius 2 is 2.00 bits per heavy atom. The lowest BCUT2D eigenvalue weighted by Gasteiger charge is -2.27. The first-order valence-corrected chi connectivity index (χ1v) is 9.33. The van der Waals surface area contributed by atoms with Crippen molar-refractivity contribution in [3.63, 3.8) is 0 Å². The molecule has 130 valence electrons. The number of amides is 1. The van der Waals surface area contributed by atoms with E-state index in [1.807, 2.05) is 43.4 Å². The summed E-state index contributed by atoms with van der Waals surface area (Å²) in [4.78, 5) is 20.5. The van der Waals surface area contributed by atoms with Gasteiger partial charge in [0, 0.05) is 37.9 Å². The van der Waals surface area contributed by atoms with E-state index in [1.165, 1.54) is 4.70 Å². The molecule has 2 aromatic heterocycles. The van der Waals surface area contributed by atoms with Gasteiger partial charge in [-0.05, 0) is 23.6 Å². The number of aromatic nitrogens is 1. The predicted molar refractivity (Wildman–Crippen MR) is 101 cm³/mol. The third-order valence-electron chi connectivity index (χ3n) is 4.65. The Kier molecular flexibility index (Phi) is 4.57. The maximum absolute atomic E-state index is 13.1. The van der Waals surface area contributed by atoms with E-state index >= 15 is 0 Å². The Morgan fingerprint density at radius 1 is 1.24 bits per heavy atom. The molecule has 1 saturated heterocycles. The second-order valence-electron chi connectivity index (χ2n) is 6.23. The van der Waals surface area contributed by atoms with Gasteiger partial charge in [0.1, 0.15) is 5.69 Å². The van der Waals surface area contributed by atoms with Crippen LogP contribution in [0.4, 0.5) is 5.69 Å². The molecule has 0 aliphatic carbocycles. The van der Waals surface area contributed by atoms with Crippen LogP contribution >= 0.6 is 11.3 Å². The van der Waals surface area contributed by atoms with Crippen LogP contribution in [0.15, 0.2) is 41.8 Å². The number of hydrogen-bond donors (Lipinski definition) is 1. The van der Waals surface area contributed by atoms with Crippen LogP contribution in [-0.2, 0) is 11.3 Å². The highest BCUT2D eigenvalue weighted by molar-refractivity contribution is 7.17. The van der Waals surface area contributed by atoms with Crippen LogP contribution in [0.1, 0.15) is 16.1 Å². The average Bonchev–Trinajstić information content (AvgIpc) is 3.25. The number of nitrogens with zero attached hydrogens (tertiary/aromatic N) is 2. The van der Waals surface area contributed by atoms with Gasteiger partial charge < -0.3 is 14.6 Å². The molecule has 0 spiro atoms. The zero-order valence-electron chi connectivity index (χ0n) is 14.2. The van der Waals surface area contributed by atoms with Gasteiger partial charge in [0.15, 0.2) is 0 Å². The first-order valence-electron chi connectivity index (χ1n) is 8.45. The van der Waals surface area contributed by atoms with Gasteiger partial charge in [-0.3, -0.25) is 9.69 Å². The maximum Gasteiger partial charge on any atom is 0.274 e. The fraction of sp³-hybridized carbons (Fsp3) is 0.316. The summed E-state index contributed by atoms with van der Waals surface area (Å²) < 4.78 is 6.62. The Balaban J connectivity index is 1.67. The normalized spacial score (nSPS) is 15.6. The Labute approximate surface area is 150 Å². The number of ether oxygens (including phenoxy) is 1. The van der Waals surface area contributed by atoms with Crippen LogP contribution in [0.5, 0.6) is 0 Å². The van der Waals surface area contributed by atoms with Gasteiger partial charge in [0.25, 0.3) is 5.91 Å². The molecule has 1 fully saturated rings. The number of carbonyl (C=O) groups excluding carboxylic acids is 1. The van der Waals surface area contributed by atoms with Crippen molar-refractivity contribution in [3.05, 3.63) is 53.0 Å². The number of aromatic amines is 1. The zero-order valence-corrected chi connectivity index (χ0v) is 15.0. The molecule has 4 rings (SSSR count). The van der Waals surface area contributed by atoms with Gasteiger partial charge in [0.05, 0.1) is 23.4 Å². The number of rotatable bonds is 4. The third kappa shape index (κ3) is 3.20. The van der Waals surface area contributed by atoms with E-state index in [2.05, 4.69) is 15.3 Å². The number of H-pyrrole nitrogens is 1. The van der Waals surface area contributed by atoms with Crippen LogP contribution < -0.4 is 4.90 Å².